The van der Waals surface area contributed by atoms with Crippen LogP contribution in [0, 0.1) is 0 Å². The molecule has 0 aromatic heterocycles. The van der Waals surface area contributed by atoms with Gasteiger partial charge in [-0.25, -0.2) is 0 Å². The molecule has 0 amide bonds. The Kier molecular flexibility index (Phi) is 6.09. The summed E-state index contributed by atoms with van der Waals surface area (Å²) in [4.78, 5) is 10.8. The number of benzene rings is 1. The van der Waals surface area contributed by atoms with Gasteiger partial charge in [0.05, 0.1) is 14.2 Å². The zero-order chi connectivity index (χ0) is 12.3. The van der Waals surface area contributed by atoms with Gasteiger partial charge in [0.1, 0.15) is 6.04 Å². The topological polar surface area (TPSA) is 81.8 Å². The minimum atomic E-state index is -1.21. The molecule has 0 radical (unpaired) electrons. The highest BCUT2D eigenvalue weighted by Gasteiger charge is 2.22. The largest absolute Gasteiger partial charge is 0.493 e. The molecule has 0 heterocycles. The molecule has 0 saturated heterocycles. The number of halogens is 2. The van der Waals surface area contributed by atoms with Crippen LogP contribution in [0.1, 0.15) is 11.6 Å². The fraction of sp³-hybridized carbons (Fsp3) is 0.300. The number of hydrogen-bond acceptors (Lipinski definition) is 4. The van der Waals surface area contributed by atoms with Gasteiger partial charge in [0.25, 0.3) is 0 Å². The van der Waals surface area contributed by atoms with Gasteiger partial charge < -0.3 is 20.3 Å². The molecule has 96 valence electrons. The lowest BCUT2D eigenvalue weighted by Gasteiger charge is -2.15. The second kappa shape index (κ2) is 6.54. The van der Waals surface area contributed by atoms with Crippen molar-refractivity contribution in [2.75, 3.05) is 14.2 Å². The van der Waals surface area contributed by atoms with Gasteiger partial charge in [-0.1, -0.05) is 11.6 Å². The van der Waals surface area contributed by atoms with Crippen molar-refractivity contribution in [3.63, 3.8) is 0 Å². The van der Waals surface area contributed by atoms with E-state index in [1.165, 1.54) is 26.4 Å². The third kappa shape index (κ3) is 3.39. The van der Waals surface area contributed by atoms with Crippen molar-refractivity contribution >= 4 is 30.0 Å². The second-order valence-corrected chi connectivity index (χ2v) is 3.48. The summed E-state index contributed by atoms with van der Waals surface area (Å²) in [6.45, 7) is 0. The van der Waals surface area contributed by atoms with Crippen LogP contribution < -0.4 is 15.2 Å². The molecule has 5 nitrogen and oxygen atoms in total. The zero-order valence-electron chi connectivity index (χ0n) is 9.27. The first-order valence-electron chi connectivity index (χ1n) is 4.41. The molecule has 0 aliphatic carbocycles. The summed E-state index contributed by atoms with van der Waals surface area (Å²) in [5.41, 5.74) is 5.79. The van der Waals surface area contributed by atoms with Crippen LogP contribution in [0.5, 0.6) is 11.5 Å². The van der Waals surface area contributed by atoms with Gasteiger partial charge in [0.2, 0.25) is 0 Å². The SMILES string of the molecule is COc1cc(Cl)cc(C(N)C(=O)O)c1OC.Cl. The van der Waals surface area contributed by atoms with Crippen LogP contribution in [0.4, 0.5) is 0 Å². The van der Waals surface area contributed by atoms with Crippen LogP contribution >= 0.6 is 24.0 Å². The highest BCUT2D eigenvalue weighted by Crippen LogP contribution is 2.37. The molecule has 1 aromatic carbocycles. The van der Waals surface area contributed by atoms with Crippen molar-refractivity contribution in [1.82, 2.24) is 0 Å². The number of nitrogens with two attached hydrogens (primary N) is 1. The van der Waals surface area contributed by atoms with Gasteiger partial charge >= 0.3 is 5.97 Å². The van der Waals surface area contributed by atoms with E-state index < -0.39 is 12.0 Å². The summed E-state index contributed by atoms with van der Waals surface area (Å²) in [6.07, 6.45) is 0. The molecule has 0 aliphatic heterocycles. The monoisotopic (exact) mass is 281 g/mol. The van der Waals surface area contributed by atoms with E-state index in [0.717, 1.165) is 0 Å². The van der Waals surface area contributed by atoms with E-state index in [4.69, 9.17) is 31.9 Å². The first-order valence-corrected chi connectivity index (χ1v) is 4.78. The molecule has 1 atom stereocenters. The number of ether oxygens (including phenoxy) is 2. The van der Waals surface area contributed by atoms with Crippen molar-refractivity contribution < 1.29 is 19.4 Å². The molecule has 0 fully saturated rings. The minimum Gasteiger partial charge on any atom is -0.493 e. The molecule has 1 rings (SSSR count). The van der Waals surface area contributed by atoms with E-state index in [0.29, 0.717) is 10.8 Å². The average Bonchev–Trinajstić information content (AvgIpc) is 2.26. The van der Waals surface area contributed by atoms with E-state index in [9.17, 15) is 4.79 Å². The predicted molar refractivity (Wildman–Crippen MR) is 66.4 cm³/mol. The quantitative estimate of drug-likeness (QED) is 0.880. The van der Waals surface area contributed by atoms with E-state index in [1.807, 2.05) is 0 Å². The number of aliphatic carboxylic acids is 1. The summed E-state index contributed by atoms with van der Waals surface area (Å²) in [5.74, 6) is -0.536. The molecule has 1 unspecified atom stereocenters. The lowest BCUT2D eigenvalue weighted by atomic mass is 10.1. The van der Waals surface area contributed by atoms with Crippen molar-refractivity contribution in [2.24, 2.45) is 5.73 Å². The van der Waals surface area contributed by atoms with E-state index in [2.05, 4.69) is 0 Å². The van der Waals surface area contributed by atoms with Crippen molar-refractivity contribution in [2.45, 2.75) is 6.04 Å². The predicted octanol–water partition coefficient (Wildman–Crippen LogP) is 1.86. The third-order valence-electron chi connectivity index (χ3n) is 2.07. The van der Waals surface area contributed by atoms with Gasteiger partial charge in [0, 0.05) is 16.7 Å². The fourth-order valence-electron chi connectivity index (χ4n) is 1.32. The van der Waals surface area contributed by atoms with Gasteiger partial charge in [-0.15, -0.1) is 12.4 Å². The Balaban J connectivity index is 0.00000256. The standard InChI is InChI=1S/C10H12ClNO4.ClH/c1-15-7-4-5(11)3-6(9(7)16-2)8(12)10(13)14;/h3-4,8H,12H2,1-2H3,(H,13,14);1H. The number of rotatable bonds is 4. The lowest BCUT2D eigenvalue weighted by molar-refractivity contribution is -0.138. The highest BCUT2D eigenvalue weighted by atomic mass is 35.5. The smallest absolute Gasteiger partial charge is 0.325 e. The van der Waals surface area contributed by atoms with Gasteiger partial charge in [0.15, 0.2) is 11.5 Å². The molecule has 1 aromatic rings. The average molecular weight is 282 g/mol. The summed E-state index contributed by atoms with van der Waals surface area (Å²) in [6, 6.07) is 1.77. The lowest BCUT2D eigenvalue weighted by Crippen LogP contribution is -2.21. The maximum absolute atomic E-state index is 10.8. The van der Waals surface area contributed by atoms with Crippen molar-refractivity contribution in [1.29, 1.82) is 0 Å². The molecule has 7 heteroatoms. The second-order valence-electron chi connectivity index (χ2n) is 3.05. The Morgan fingerprint density at radius 1 is 1.41 bits per heavy atom. The Labute approximate surface area is 110 Å². The summed E-state index contributed by atoms with van der Waals surface area (Å²) < 4.78 is 10.1. The Morgan fingerprint density at radius 2 is 2.00 bits per heavy atom. The molecular weight excluding hydrogens is 269 g/mol. The molecule has 0 aliphatic rings. The molecule has 0 spiro atoms. The number of carboxylic acids is 1. The molecule has 0 saturated carbocycles. The zero-order valence-corrected chi connectivity index (χ0v) is 10.8. The van der Waals surface area contributed by atoms with Gasteiger partial charge in [-0.2, -0.15) is 0 Å². The Hall–Kier alpha value is -1.17. The van der Waals surface area contributed by atoms with Gasteiger partial charge in [-0.05, 0) is 6.07 Å². The minimum absolute atomic E-state index is 0. The highest BCUT2D eigenvalue weighted by molar-refractivity contribution is 6.30. The number of hydrogen-bond donors (Lipinski definition) is 2. The number of carboxylic acid groups (broad SMARTS) is 1. The summed E-state index contributed by atoms with van der Waals surface area (Å²) >= 11 is 5.82. The molecule has 0 bridgehead atoms. The van der Waals surface area contributed by atoms with Crippen LogP contribution in [-0.4, -0.2) is 25.3 Å². The van der Waals surface area contributed by atoms with E-state index >= 15 is 0 Å². The number of carbonyl (C=O) groups is 1. The molecular formula is C10H13Cl2NO4. The third-order valence-corrected chi connectivity index (χ3v) is 2.29. The summed E-state index contributed by atoms with van der Waals surface area (Å²) in [7, 11) is 2.84. The number of methoxy groups -OCH3 is 2. The van der Waals surface area contributed by atoms with Crippen LogP contribution in [0.15, 0.2) is 12.1 Å². The van der Waals surface area contributed by atoms with Crippen molar-refractivity contribution in [3.05, 3.63) is 22.7 Å². The van der Waals surface area contributed by atoms with E-state index in [-0.39, 0.29) is 23.7 Å². The van der Waals surface area contributed by atoms with Crippen LogP contribution in [0.2, 0.25) is 5.02 Å². The normalized spacial score (nSPS) is 11.3. The molecule has 3 N–H and O–H groups in total. The first-order chi connectivity index (χ1) is 7.51. The van der Waals surface area contributed by atoms with Gasteiger partial charge in [-0.3, -0.25) is 4.79 Å². The Morgan fingerprint density at radius 3 is 2.41 bits per heavy atom. The first kappa shape index (κ1) is 15.8. The summed E-state index contributed by atoms with van der Waals surface area (Å²) in [5, 5.41) is 9.18. The maximum Gasteiger partial charge on any atom is 0.325 e. The van der Waals surface area contributed by atoms with Crippen LogP contribution in [-0.2, 0) is 4.79 Å². The maximum atomic E-state index is 10.8. The van der Waals surface area contributed by atoms with E-state index in [1.54, 1.807) is 0 Å². The van der Waals surface area contributed by atoms with Crippen molar-refractivity contribution in [3.8, 4) is 11.5 Å². The van der Waals surface area contributed by atoms with Crippen LogP contribution in [0.25, 0.3) is 0 Å². The Bertz CT molecular complexity index is 412. The fourth-order valence-corrected chi connectivity index (χ4v) is 1.54. The van der Waals surface area contributed by atoms with Crippen LogP contribution in [0.3, 0.4) is 0 Å². The molecule has 17 heavy (non-hydrogen) atoms.